The van der Waals surface area contributed by atoms with Crippen LogP contribution >= 0.6 is 11.6 Å². The van der Waals surface area contributed by atoms with E-state index in [0.29, 0.717) is 11.6 Å². The van der Waals surface area contributed by atoms with Gasteiger partial charge in [0.2, 0.25) is 0 Å². The molecule has 0 amide bonds. The van der Waals surface area contributed by atoms with Crippen LogP contribution in [0.3, 0.4) is 0 Å². The second-order valence-electron chi connectivity index (χ2n) is 4.60. The molecule has 0 spiro atoms. The number of aromatic nitrogens is 1. The van der Waals surface area contributed by atoms with Crippen LogP contribution in [0.4, 0.5) is 0 Å². The Bertz CT molecular complexity index is 659. The van der Waals surface area contributed by atoms with Crippen LogP contribution < -0.4 is 0 Å². The fraction of sp³-hybridized carbons (Fsp3) is 0.385. The molecule has 0 saturated carbocycles. The van der Waals surface area contributed by atoms with Crippen molar-refractivity contribution < 1.29 is 8.42 Å². The summed E-state index contributed by atoms with van der Waals surface area (Å²) in [5, 5.41) is 1.32. The zero-order valence-electron chi connectivity index (χ0n) is 10.4. The van der Waals surface area contributed by atoms with Gasteiger partial charge in [-0.15, -0.1) is 0 Å². The molecule has 0 bridgehead atoms. The van der Waals surface area contributed by atoms with E-state index in [2.05, 4.69) is 0 Å². The summed E-state index contributed by atoms with van der Waals surface area (Å²) in [6.45, 7) is 3.88. The highest BCUT2D eigenvalue weighted by Crippen LogP contribution is 2.24. The molecule has 0 unspecified atom stereocenters. The van der Waals surface area contributed by atoms with Gasteiger partial charge in [0, 0.05) is 28.7 Å². The first-order valence-corrected chi connectivity index (χ1v) is 7.96. The normalized spacial score (nSPS) is 12.4. The number of hydrogen-bond donors (Lipinski definition) is 0. The molecule has 0 aliphatic carbocycles. The molecule has 2 rings (SSSR count). The maximum absolute atomic E-state index is 11.8. The molecule has 0 N–H and O–H groups in total. The van der Waals surface area contributed by atoms with Crippen molar-refractivity contribution >= 4 is 32.3 Å². The second-order valence-corrected chi connectivity index (χ2v) is 7.68. The van der Waals surface area contributed by atoms with E-state index in [-0.39, 0.29) is 11.0 Å². The Balaban J connectivity index is 2.26. The van der Waals surface area contributed by atoms with Gasteiger partial charge in [-0.3, -0.25) is 0 Å². The second kappa shape index (κ2) is 4.94. The predicted molar refractivity (Wildman–Crippen MR) is 75.9 cm³/mol. The first kappa shape index (κ1) is 13.4. The van der Waals surface area contributed by atoms with E-state index in [0.717, 1.165) is 10.9 Å². The van der Waals surface area contributed by atoms with Crippen LogP contribution in [-0.4, -0.2) is 24.0 Å². The molecule has 0 atom stereocenters. The average Bonchev–Trinajstić information content (AvgIpc) is 2.71. The van der Waals surface area contributed by atoms with Crippen molar-refractivity contribution in [1.29, 1.82) is 0 Å². The summed E-state index contributed by atoms with van der Waals surface area (Å²) in [4.78, 5) is 0. The minimum absolute atomic E-state index is 0.154. The predicted octanol–water partition coefficient (Wildman–Crippen LogP) is 3.12. The Labute approximate surface area is 112 Å². The summed E-state index contributed by atoms with van der Waals surface area (Å²) < 4.78 is 25.5. The number of rotatable bonds is 4. The zero-order valence-corrected chi connectivity index (χ0v) is 12.0. The van der Waals surface area contributed by atoms with Crippen LogP contribution in [0.2, 0.25) is 5.02 Å². The SMILES string of the molecule is CC(C)S(=O)(=O)CCn1ccc2c(Cl)cccc21. The molecule has 3 nitrogen and oxygen atoms in total. The fourth-order valence-electron chi connectivity index (χ4n) is 1.84. The lowest BCUT2D eigenvalue weighted by Crippen LogP contribution is -2.20. The first-order valence-electron chi connectivity index (χ1n) is 5.87. The molecule has 0 aliphatic rings. The van der Waals surface area contributed by atoms with Gasteiger partial charge in [0.25, 0.3) is 0 Å². The highest BCUT2D eigenvalue weighted by Gasteiger charge is 2.16. The van der Waals surface area contributed by atoms with Crippen molar-refractivity contribution in [3.8, 4) is 0 Å². The Hall–Kier alpha value is -1.00. The maximum atomic E-state index is 11.8. The smallest absolute Gasteiger partial charge is 0.154 e. The van der Waals surface area contributed by atoms with Crippen LogP contribution in [-0.2, 0) is 16.4 Å². The molecule has 1 heterocycles. The molecule has 1 aromatic carbocycles. The third-order valence-corrected chi connectivity index (χ3v) is 5.61. The zero-order chi connectivity index (χ0) is 13.3. The molecule has 2 aromatic rings. The molecule has 1 aromatic heterocycles. The van der Waals surface area contributed by atoms with E-state index in [1.165, 1.54) is 0 Å². The first-order chi connectivity index (χ1) is 8.42. The molecule has 0 radical (unpaired) electrons. The lowest BCUT2D eigenvalue weighted by molar-refractivity contribution is 0.581. The average molecular weight is 286 g/mol. The molecule has 5 heteroatoms. The van der Waals surface area contributed by atoms with E-state index in [1.54, 1.807) is 13.8 Å². The minimum Gasteiger partial charge on any atom is -0.346 e. The van der Waals surface area contributed by atoms with Gasteiger partial charge in [0.1, 0.15) is 0 Å². The molecule has 0 fully saturated rings. The molecule has 18 heavy (non-hydrogen) atoms. The Morgan fingerprint density at radius 2 is 2.00 bits per heavy atom. The highest BCUT2D eigenvalue weighted by atomic mass is 35.5. The molecule has 98 valence electrons. The monoisotopic (exact) mass is 285 g/mol. The number of benzene rings is 1. The number of hydrogen-bond acceptors (Lipinski definition) is 2. The third kappa shape index (κ3) is 2.54. The summed E-state index contributed by atoms with van der Waals surface area (Å²) in [6, 6.07) is 7.57. The lowest BCUT2D eigenvalue weighted by atomic mass is 10.2. The van der Waals surface area contributed by atoms with Crippen molar-refractivity contribution in [3.63, 3.8) is 0 Å². The largest absolute Gasteiger partial charge is 0.346 e. The van der Waals surface area contributed by atoms with Gasteiger partial charge in [-0.05, 0) is 32.0 Å². The summed E-state index contributed by atoms with van der Waals surface area (Å²) in [7, 11) is -3.01. The maximum Gasteiger partial charge on any atom is 0.154 e. The topological polar surface area (TPSA) is 39.1 Å². The van der Waals surface area contributed by atoms with Crippen LogP contribution in [0.5, 0.6) is 0 Å². The Morgan fingerprint density at radius 3 is 2.67 bits per heavy atom. The van der Waals surface area contributed by atoms with Gasteiger partial charge in [0.05, 0.1) is 11.0 Å². The number of nitrogens with zero attached hydrogens (tertiary/aromatic N) is 1. The van der Waals surface area contributed by atoms with Crippen molar-refractivity contribution in [1.82, 2.24) is 4.57 Å². The molecule has 0 saturated heterocycles. The molecular weight excluding hydrogens is 270 g/mol. The van der Waals surface area contributed by atoms with Crippen LogP contribution in [0.25, 0.3) is 10.9 Å². The summed E-state index contributed by atoms with van der Waals surface area (Å²) >= 11 is 6.08. The Morgan fingerprint density at radius 1 is 1.28 bits per heavy atom. The highest BCUT2D eigenvalue weighted by molar-refractivity contribution is 7.91. The van der Waals surface area contributed by atoms with Gasteiger partial charge in [-0.25, -0.2) is 8.42 Å². The van der Waals surface area contributed by atoms with Gasteiger partial charge in [0.15, 0.2) is 9.84 Å². The van der Waals surface area contributed by atoms with Crippen LogP contribution in [0, 0.1) is 0 Å². The van der Waals surface area contributed by atoms with Gasteiger partial charge >= 0.3 is 0 Å². The summed E-state index contributed by atoms with van der Waals surface area (Å²) in [5.74, 6) is 0.154. The van der Waals surface area contributed by atoms with E-state index in [9.17, 15) is 8.42 Å². The minimum atomic E-state index is -3.01. The van der Waals surface area contributed by atoms with E-state index < -0.39 is 9.84 Å². The van der Waals surface area contributed by atoms with Crippen molar-refractivity contribution in [2.75, 3.05) is 5.75 Å². The van der Waals surface area contributed by atoms with Gasteiger partial charge < -0.3 is 4.57 Å². The standard InChI is InChI=1S/C13H16ClNO2S/c1-10(2)18(16,17)9-8-15-7-6-11-12(14)4-3-5-13(11)15/h3-7,10H,8-9H2,1-2H3. The number of sulfone groups is 1. The number of aryl methyl sites for hydroxylation is 1. The van der Waals surface area contributed by atoms with Gasteiger partial charge in [-0.1, -0.05) is 17.7 Å². The van der Waals surface area contributed by atoms with Crippen molar-refractivity contribution in [3.05, 3.63) is 35.5 Å². The lowest BCUT2D eigenvalue weighted by Gasteiger charge is -2.09. The Kier molecular flexibility index (Phi) is 3.69. The van der Waals surface area contributed by atoms with Gasteiger partial charge in [-0.2, -0.15) is 0 Å². The number of halogens is 1. The van der Waals surface area contributed by atoms with Crippen molar-refractivity contribution in [2.45, 2.75) is 25.6 Å². The van der Waals surface area contributed by atoms with E-state index in [1.807, 2.05) is 35.0 Å². The number of fused-ring (bicyclic) bond motifs is 1. The van der Waals surface area contributed by atoms with Crippen LogP contribution in [0.15, 0.2) is 30.5 Å². The van der Waals surface area contributed by atoms with E-state index in [4.69, 9.17) is 11.6 Å². The van der Waals surface area contributed by atoms with Crippen molar-refractivity contribution in [2.24, 2.45) is 0 Å². The summed E-state index contributed by atoms with van der Waals surface area (Å²) in [5.41, 5.74) is 0.974. The quantitative estimate of drug-likeness (QED) is 0.866. The van der Waals surface area contributed by atoms with E-state index >= 15 is 0 Å². The third-order valence-electron chi connectivity index (χ3n) is 3.10. The summed E-state index contributed by atoms with van der Waals surface area (Å²) in [6.07, 6.45) is 1.88. The fourth-order valence-corrected chi connectivity index (χ4v) is 3.00. The van der Waals surface area contributed by atoms with Crippen LogP contribution in [0.1, 0.15) is 13.8 Å². The molecule has 0 aliphatic heterocycles. The molecular formula is C13H16ClNO2S.